The Labute approximate surface area is 126 Å². The van der Waals surface area contributed by atoms with E-state index in [2.05, 4.69) is 42.6 Å². The van der Waals surface area contributed by atoms with Gasteiger partial charge in [0, 0.05) is 24.8 Å². The number of pyridine rings is 1. The molecule has 0 aliphatic heterocycles. The van der Waals surface area contributed by atoms with Crippen LogP contribution in [0.25, 0.3) is 0 Å². The second-order valence-electron chi connectivity index (χ2n) is 5.34. The van der Waals surface area contributed by atoms with Crippen molar-refractivity contribution < 1.29 is 4.79 Å². The van der Waals surface area contributed by atoms with Crippen LogP contribution >= 0.6 is 11.8 Å². The number of carbonyl (C=O) groups excluding carboxylic acids is 1. The summed E-state index contributed by atoms with van der Waals surface area (Å²) in [5.74, 6) is 2.53. The Morgan fingerprint density at radius 1 is 1.35 bits per heavy atom. The lowest BCUT2D eigenvalue weighted by Gasteiger charge is -2.13. The van der Waals surface area contributed by atoms with Crippen LogP contribution in [0.4, 0.5) is 5.82 Å². The minimum Gasteiger partial charge on any atom is -0.373 e. The molecule has 0 saturated carbocycles. The number of hydrogen-bond acceptors (Lipinski definition) is 4. The van der Waals surface area contributed by atoms with Gasteiger partial charge in [0.25, 0.3) is 5.91 Å². The van der Waals surface area contributed by atoms with E-state index in [1.165, 1.54) is 0 Å². The molecule has 1 unspecified atom stereocenters. The highest BCUT2D eigenvalue weighted by molar-refractivity contribution is 7.98. The number of amides is 1. The average molecular weight is 295 g/mol. The molecule has 0 aliphatic rings. The second kappa shape index (κ2) is 8.15. The van der Waals surface area contributed by atoms with Crippen LogP contribution < -0.4 is 10.6 Å². The van der Waals surface area contributed by atoms with Gasteiger partial charge < -0.3 is 10.6 Å². The smallest absolute Gasteiger partial charge is 0.251 e. The highest BCUT2D eigenvalue weighted by Crippen LogP contribution is 2.17. The van der Waals surface area contributed by atoms with Crippen molar-refractivity contribution in [3.8, 4) is 0 Å². The summed E-state index contributed by atoms with van der Waals surface area (Å²) in [6.07, 6.45) is 2.08. The first-order valence-electron chi connectivity index (χ1n) is 6.94. The number of nitrogens with one attached hydrogen (secondary N) is 2. The Morgan fingerprint density at radius 3 is 2.60 bits per heavy atom. The van der Waals surface area contributed by atoms with Crippen molar-refractivity contribution in [2.24, 2.45) is 5.92 Å². The fourth-order valence-electron chi connectivity index (χ4n) is 1.82. The molecule has 20 heavy (non-hydrogen) atoms. The Kier molecular flexibility index (Phi) is 6.85. The maximum atomic E-state index is 12.2. The topological polar surface area (TPSA) is 54.0 Å². The summed E-state index contributed by atoms with van der Waals surface area (Å²) in [6, 6.07) is 3.67. The fourth-order valence-corrected chi connectivity index (χ4v) is 2.51. The zero-order valence-electron chi connectivity index (χ0n) is 13.0. The average Bonchev–Trinajstić information content (AvgIpc) is 2.44. The third-order valence-electron chi connectivity index (χ3n) is 3.02. The summed E-state index contributed by atoms with van der Waals surface area (Å²) >= 11 is 1.80. The summed E-state index contributed by atoms with van der Waals surface area (Å²) in [4.78, 5) is 16.7. The van der Waals surface area contributed by atoms with Crippen molar-refractivity contribution in [1.29, 1.82) is 0 Å². The highest BCUT2D eigenvalue weighted by Gasteiger charge is 2.12. The molecule has 1 rings (SSSR count). The van der Waals surface area contributed by atoms with Crippen LogP contribution in [-0.2, 0) is 0 Å². The molecule has 112 valence electrons. The highest BCUT2D eigenvalue weighted by atomic mass is 32.2. The normalized spacial score (nSPS) is 12.3. The van der Waals surface area contributed by atoms with Gasteiger partial charge in [-0.05, 0) is 36.0 Å². The molecule has 0 aromatic carbocycles. The van der Waals surface area contributed by atoms with E-state index in [4.69, 9.17) is 0 Å². The van der Waals surface area contributed by atoms with Gasteiger partial charge in [0.2, 0.25) is 0 Å². The van der Waals surface area contributed by atoms with Crippen LogP contribution in [0.5, 0.6) is 0 Å². The number of anilines is 1. The summed E-state index contributed by atoms with van der Waals surface area (Å²) in [6.45, 7) is 6.99. The van der Waals surface area contributed by atoms with Crippen LogP contribution in [0.3, 0.4) is 0 Å². The van der Waals surface area contributed by atoms with Crippen LogP contribution in [0.15, 0.2) is 12.1 Å². The van der Waals surface area contributed by atoms with Crippen molar-refractivity contribution in [3.05, 3.63) is 23.4 Å². The van der Waals surface area contributed by atoms with Crippen molar-refractivity contribution in [2.75, 3.05) is 30.9 Å². The Hall–Kier alpha value is -1.23. The van der Waals surface area contributed by atoms with Crippen molar-refractivity contribution >= 4 is 23.5 Å². The molecule has 1 amide bonds. The van der Waals surface area contributed by atoms with E-state index in [1.807, 2.05) is 13.1 Å². The fraction of sp³-hybridized carbons (Fsp3) is 0.600. The minimum absolute atomic E-state index is 0.0289. The van der Waals surface area contributed by atoms with Gasteiger partial charge in [0.05, 0.1) is 0 Å². The quantitative estimate of drug-likeness (QED) is 0.812. The molecule has 0 saturated heterocycles. The largest absolute Gasteiger partial charge is 0.373 e. The zero-order chi connectivity index (χ0) is 15.1. The molecular weight excluding hydrogens is 270 g/mol. The molecule has 0 bridgehead atoms. The number of aromatic nitrogens is 1. The number of hydrogen-bond donors (Lipinski definition) is 2. The zero-order valence-corrected chi connectivity index (χ0v) is 13.8. The summed E-state index contributed by atoms with van der Waals surface area (Å²) in [7, 11) is 1.81. The van der Waals surface area contributed by atoms with Crippen molar-refractivity contribution in [2.45, 2.75) is 26.7 Å². The molecule has 1 aromatic rings. The number of carbonyl (C=O) groups is 1. The molecular formula is C15H25N3OS. The van der Waals surface area contributed by atoms with Crippen LogP contribution in [0.1, 0.15) is 42.7 Å². The van der Waals surface area contributed by atoms with Crippen LogP contribution in [0, 0.1) is 5.92 Å². The summed E-state index contributed by atoms with van der Waals surface area (Å²) in [5, 5.41) is 6.00. The molecule has 1 aromatic heterocycles. The minimum atomic E-state index is -0.0289. The van der Waals surface area contributed by atoms with E-state index in [1.54, 1.807) is 17.8 Å². The molecule has 2 N–H and O–H groups in total. The van der Waals surface area contributed by atoms with Gasteiger partial charge in [-0.1, -0.05) is 20.8 Å². The lowest BCUT2D eigenvalue weighted by Crippen LogP contribution is -2.29. The lowest BCUT2D eigenvalue weighted by molar-refractivity contribution is 0.0949. The van der Waals surface area contributed by atoms with E-state index >= 15 is 0 Å². The predicted molar refractivity (Wildman–Crippen MR) is 87.8 cm³/mol. The van der Waals surface area contributed by atoms with Gasteiger partial charge in [0.15, 0.2) is 0 Å². The third-order valence-corrected chi connectivity index (χ3v) is 3.92. The lowest BCUT2D eigenvalue weighted by atomic mass is 10.1. The maximum Gasteiger partial charge on any atom is 0.251 e. The van der Waals surface area contributed by atoms with E-state index in [9.17, 15) is 4.79 Å². The van der Waals surface area contributed by atoms with Crippen LogP contribution in [0.2, 0.25) is 0 Å². The summed E-state index contributed by atoms with van der Waals surface area (Å²) in [5.41, 5.74) is 1.60. The third kappa shape index (κ3) is 5.04. The van der Waals surface area contributed by atoms with Gasteiger partial charge in [-0.15, -0.1) is 0 Å². The van der Waals surface area contributed by atoms with Gasteiger partial charge in [-0.25, -0.2) is 4.98 Å². The molecule has 1 atom stereocenters. The van der Waals surface area contributed by atoms with Gasteiger partial charge in [0.1, 0.15) is 5.82 Å². The SMILES string of the molecule is CNc1cc(C(=O)NCC(C)CSC)cc(C(C)C)n1. The van der Waals surface area contributed by atoms with Gasteiger partial charge >= 0.3 is 0 Å². The Balaban J connectivity index is 2.79. The number of thioether (sulfide) groups is 1. The molecule has 4 nitrogen and oxygen atoms in total. The molecule has 0 aliphatic carbocycles. The number of nitrogens with zero attached hydrogens (tertiary/aromatic N) is 1. The Bertz CT molecular complexity index is 449. The van der Waals surface area contributed by atoms with E-state index in [0.29, 0.717) is 23.9 Å². The van der Waals surface area contributed by atoms with E-state index < -0.39 is 0 Å². The maximum absolute atomic E-state index is 12.2. The first kappa shape index (κ1) is 16.8. The van der Waals surface area contributed by atoms with Crippen molar-refractivity contribution in [3.63, 3.8) is 0 Å². The first-order valence-corrected chi connectivity index (χ1v) is 8.34. The van der Waals surface area contributed by atoms with E-state index in [-0.39, 0.29) is 5.91 Å². The molecule has 1 heterocycles. The van der Waals surface area contributed by atoms with Gasteiger partial charge in [-0.2, -0.15) is 11.8 Å². The number of rotatable bonds is 7. The van der Waals surface area contributed by atoms with Crippen molar-refractivity contribution in [1.82, 2.24) is 10.3 Å². The molecule has 0 fully saturated rings. The van der Waals surface area contributed by atoms with Gasteiger partial charge in [-0.3, -0.25) is 4.79 Å². The standard InChI is InChI=1S/C15H25N3OS/c1-10(2)13-6-12(7-14(16-4)18-13)15(19)17-8-11(3)9-20-5/h6-7,10-11H,8-9H2,1-5H3,(H,16,18)(H,17,19). The second-order valence-corrected chi connectivity index (χ2v) is 6.25. The van der Waals surface area contributed by atoms with E-state index in [0.717, 1.165) is 17.3 Å². The first-order chi connectivity index (χ1) is 9.47. The monoisotopic (exact) mass is 295 g/mol. The Morgan fingerprint density at radius 2 is 2.05 bits per heavy atom. The summed E-state index contributed by atoms with van der Waals surface area (Å²) < 4.78 is 0. The molecule has 0 spiro atoms. The van der Waals surface area contributed by atoms with Crippen LogP contribution in [-0.4, -0.2) is 36.5 Å². The molecule has 0 radical (unpaired) electrons. The molecule has 5 heteroatoms. The predicted octanol–water partition coefficient (Wildman–Crippen LogP) is 2.98.